The topological polar surface area (TPSA) is 84.7 Å². The van der Waals surface area contributed by atoms with Gasteiger partial charge in [0, 0.05) is 31.0 Å². The highest BCUT2D eigenvalue weighted by Gasteiger charge is 2.45. The third kappa shape index (κ3) is 6.15. The first-order valence-electron chi connectivity index (χ1n) is 14.3. The Bertz CT molecular complexity index is 1580. The Morgan fingerprint density at radius 1 is 0.952 bits per heavy atom. The minimum Gasteiger partial charge on any atom is -0.507 e. The Labute approximate surface area is 247 Å². The highest BCUT2D eigenvalue weighted by Crippen LogP contribution is 2.40. The van der Waals surface area contributed by atoms with Crippen molar-refractivity contribution >= 4 is 17.4 Å². The van der Waals surface area contributed by atoms with E-state index in [0.717, 1.165) is 22.3 Å². The molecule has 0 saturated carbocycles. The zero-order valence-electron chi connectivity index (χ0n) is 24.6. The molecule has 4 aromatic rings. The van der Waals surface area contributed by atoms with Crippen molar-refractivity contribution in [2.24, 2.45) is 0 Å². The monoisotopic (exact) mass is 563 g/mol. The van der Waals surface area contributed by atoms with Crippen LogP contribution in [0.5, 0.6) is 5.75 Å². The summed E-state index contributed by atoms with van der Waals surface area (Å²) >= 11 is 0. The van der Waals surface area contributed by atoms with Gasteiger partial charge in [0.15, 0.2) is 0 Å². The summed E-state index contributed by atoms with van der Waals surface area (Å²) in [5.41, 5.74) is 4.67. The van der Waals surface area contributed by atoms with Crippen LogP contribution in [-0.2, 0) is 28.2 Å². The Hall–Kier alpha value is -4.65. The van der Waals surface area contributed by atoms with Crippen LogP contribution in [0.3, 0.4) is 0 Å². The van der Waals surface area contributed by atoms with Crippen molar-refractivity contribution in [1.29, 1.82) is 0 Å². The van der Waals surface area contributed by atoms with Gasteiger partial charge in [0.1, 0.15) is 18.1 Å². The van der Waals surface area contributed by atoms with E-state index in [2.05, 4.69) is 25.8 Å². The number of Topliss-reactive ketones (excluding diaryl/α,β-unsaturated/α-hetero) is 1. The summed E-state index contributed by atoms with van der Waals surface area (Å²) < 4.78 is 7.90. The maximum Gasteiger partial charge on any atom is 0.295 e. The molecule has 1 N–H and O–H groups in total. The number of nitrogens with zero attached hydrogens (tertiary/aromatic N) is 3. The number of ether oxygens (including phenoxy) is 1. The fourth-order valence-electron chi connectivity index (χ4n) is 5.26. The highest BCUT2D eigenvalue weighted by atomic mass is 16.5. The molecule has 0 aliphatic carbocycles. The van der Waals surface area contributed by atoms with Crippen molar-refractivity contribution in [3.8, 4) is 5.75 Å². The van der Waals surface area contributed by atoms with E-state index >= 15 is 0 Å². The zero-order chi connectivity index (χ0) is 29.9. The molecule has 1 fully saturated rings. The lowest BCUT2D eigenvalue weighted by atomic mass is 9.85. The molecule has 0 radical (unpaired) electrons. The first-order valence-corrected chi connectivity index (χ1v) is 14.3. The summed E-state index contributed by atoms with van der Waals surface area (Å²) in [6.45, 7) is 9.89. The average molecular weight is 564 g/mol. The molecule has 5 rings (SSSR count). The van der Waals surface area contributed by atoms with Crippen molar-refractivity contribution in [2.45, 2.75) is 58.7 Å². The van der Waals surface area contributed by atoms with Gasteiger partial charge in [-0.1, -0.05) is 69.3 Å². The van der Waals surface area contributed by atoms with Crippen molar-refractivity contribution in [3.05, 3.63) is 125 Å². The second-order valence-corrected chi connectivity index (χ2v) is 11.8. The fourth-order valence-corrected chi connectivity index (χ4v) is 5.26. The Kier molecular flexibility index (Phi) is 8.29. The third-order valence-corrected chi connectivity index (χ3v) is 7.79. The van der Waals surface area contributed by atoms with Gasteiger partial charge in [0.2, 0.25) is 0 Å². The quantitative estimate of drug-likeness (QED) is 0.141. The van der Waals surface area contributed by atoms with Gasteiger partial charge in [0.25, 0.3) is 11.7 Å². The molecule has 1 saturated heterocycles. The van der Waals surface area contributed by atoms with Gasteiger partial charge in [0.05, 0.1) is 17.9 Å². The minimum absolute atomic E-state index is 0.0475. The second kappa shape index (κ2) is 12.1. The summed E-state index contributed by atoms with van der Waals surface area (Å²) in [5, 5.41) is 11.5. The summed E-state index contributed by atoms with van der Waals surface area (Å²) in [5.74, 6) is -0.838. The molecule has 7 nitrogen and oxygen atoms in total. The summed E-state index contributed by atoms with van der Waals surface area (Å²) in [4.78, 5) is 32.4. The van der Waals surface area contributed by atoms with Gasteiger partial charge in [-0.3, -0.25) is 9.59 Å². The van der Waals surface area contributed by atoms with Crippen LogP contribution < -0.4 is 4.74 Å². The standard InChI is InChI=1S/C35H37N3O4/c1-24-8-5-6-9-27(24)22-42-29-16-12-26(13-17-29)32(39)30-31(25-10-14-28(15-11-25)35(2,3)4)38(34(41)33(30)40)20-7-19-37-21-18-36-23-37/h5-6,8-18,21,23,31,39H,7,19-20,22H2,1-4H3. The van der Waals surface area contributed by atoms with E-state index in [1.54, 1.807) is 41.7 Å². The molecule has 3 aromatic carbocycles. The lowest BCUT2D eigenvalue weighted by Gasteiger charge is -2.26. The number of aliphatic hydroxyl groups is 1. The number of amides is 1. The van der Waals surface area contributed by atoms with Gasteiger partial charge in [-0.2, -0.15) is 0 Å². The number of likely N-dealkylation sites (tertiary alicyclic amines) is 1. The van der Waals surface area contributed by atoms with E-state index in [4.69, 9.17) is 4.74 Å². The first kappa shape index (κ1) is 28.9. The molecule has 7 heteroatoms. The molecule has 1 amide bonds. The molecule has 0 bridgehead atoms. The molecule has 1 unspecified atom stereocenters. The minimum atomic E-state index is -0.696. The van der Waals surface area contributed by atoms with Gasteiger partial charge >= 0.3 is 0 Å². The number of rotatable bonds is 9. The maximum absolute atomic E-state index is 13.4. The largest absolute Gasteiger partial charge is 0.507 e. The van der Waals surface area contributed by atoms with E-state index < -0.39 is 17.7 Å². The van der Waals surface area contributed by atoms with E-state index in [0.29, 0.717) is 37.4 Å². The number of aromatic nitrogens is 2. The number of benzene rings is 3. The smallest absolute Gasteiger partial charge is 0.295 e. The molecule has 1 aliphatic rings. The van der Waals surface area contributed by atoms with E-state index in [-0.39, 0.29) is 16.7 Å². The van der Waals surface area contributed by atoms with Crippen molar-refractivity contribution in [1.82, 2.24) is 14.5 Å². The Morgan fingerprint density at radius 3 is 2.31 bits per heavy atom. The average Bonchev–Trinajstić information content (AvgIpc) is 3.59. The van der Waals surface area contributed by atoms with Crippen LogP contribution in [0.1, 0.15) is 61.1 Å². The molecule has 216 valence electrons. The first-order chi connectivity index (χ1) is 20.1. The lowest BCUT2D eigenvalue weighted by molar-refractivity contribution is -0.139. The number of hydrogen-bond donors (Lipinski definition) is 1. The third-order valence-electron chi connectivity index (χ3n) is 7.79. The van der Waals surface area contributed by atoms with Gasteiger partial charge in [-0.05, 0) is 65.3 Å². The predicted molar refractivity (Wildman–Crippen MR) is 163 cm³/mol. The van der Waals surface area contributed by atoms with Crippen LogP contribution in [0, 0.1) is 6.92 Å². The van der Waals surface area contributed by atoms with E-state index in [1.807, 2.05) is 66.2 Å². The van der Waals surface area contributed by atoms with Crippen molar-refractivity contribution < 1.29 is 19.4 Å². The van der Waals surface area contributed by atoms with Gasteiger partial charge in [-0.15, -0.1) is 0 Å². The molecule has 42 heavy (non-hydrogen) atoms. The molecular weight excluding hydrogens is 526 g/mol. The lowest BCUT2D eigenvalue weighted by Crippen LogP contribution is -2.31. The van der Waals surface area contributed by atoms with Gasteiger partial charge < -0.3 is 19.3 Å². The van der Waals surface area contributed by atoms with Gasteiger partial charge in [-0.25, -0.2) is 4.98 Å². The zero-order valence-corrected chi connectivity index (χ0v) is 24.6. The van der Waals surface area contributed by atoms with Crippen LogP contribution in [0.25, 0.3) is 5.76 Å². The van der Waals surface area contributed by atoms with Crippen LogP contribution >= 0.6 is 0 Å². The van der Waals surface area contributed by atoms with Crippen LogP contribution in [0.4, 0.5) is 0 Å². The van der Waals surface area contributed by atoms with Crippen LogP contribution in [0.15, 0.2) is 97.1 Å². The van der Waals surface area contributed by atoms with Crippen molar-refractivity contribution in [3.63, 3.8) is 0 Å². The van der Waals surface area contributed by atoms with E-state index in [1.165, 1.54) is 0 Å². The normalized spacial score (nSPS) is 16.7. The molecule has 1 aliphatic heterocycles. The van der Waals surface area contributed by atoms with E-state index in [9.17, 15) is 14.7 Å². The number of carbonyl (C=O) groups is 2. The summed E-state index contributed by atoms with van der Waals surface area (Å²) in [6.07, 6.45) is 5.94. The molecule has 1 aromatic heterocycles. The Balaban J connectivity index is 1.44. The summed E-state index contributed by atoms with van der Waals surface area (Å²) in [7, 11) is 0. The molecule has 0 spiro atoms. The SMILES string of the molecule is Cc1ccccc1COc1ccc(C(O)=C2C(=O)C(=O)N(CCCn3ccnc3)C2c2ccc(C(C)(C)C)cc2)cc1. The van der Waals surface area contributed by atoms with Crippen molar-refractivity contribution in [2.75, 3.05) is 6.54 Å². The second-order valence-electron chi connectivity index (χ2n) is 11.8. The summed E-state index contributed by atoms with van der Waals surface area (Å²) in [6, 6.07) is 22.3. The highest BCUT2D eigenvalue weighted by molar-refractivity contribution is 6.46. The number of ketones is 1. The van der Waals surface area contributed by atoms with Crippen LogP contribution in [-0.4, -0.2) is 37.8 Å². The molecule has 1 atom stereocenters. The fraction of sp³-hybridized carbons (Fsp3) is 0.286. The number of carbonyl (C=O) groups excluding carboxylic acids is 2. The molecule has 2 heterocycles. The van der Waals surface area contributed by atoms with Crippen LogP contribution in [0.2, 0.25) is 0 Å². The Morgan fingerprint density at radius 2 is 1.67 bits per heavy atom. The predicted octanol–water partition coefficient (Wildman–Crippen LogP) is 6.58. The number of aryl methyl sites for hydroxylation is 2. The maximum atomic E-state index is 13.4. The number of hydrogen-bond acceptors (Lipinski definition) is 5. The number of imidazole rings is 1. The number of aliphatic hydroxyl groups excluding tert-OH is 1. The molecular formula is C35H37N3O4.